The second-order valence-electron chi connectivity index (χ2n) is 6.66. The van der Waals surface area contributed by atoms with Gasteiger partial charge >= 0.3 is 0 Å². The van der Waals surface area contributed by atoms with Crippen LogP contribution in [0.3, 0.4) is 0 Å². The summed E-state index contributed by atoms with van der Waals surface area (Å²) in [5.41, 5.74) is 1.66. The van der Waals surface area contributed by atoms with Crippen LogP contribution < -0.4 is 5.32 Å². The largest absolute Gasteiger partial charge is 0.372 e. The van der Waals surface area contributed by atoms with Crippen LogP contribution in [-0.2, 0) is 14.8 Å². The minimum absolute atomic E-state index is 0.106. The van der Waals surface area contributed by atoms with Crippen molar-refractivity contribution in [2.24, 2.45) is 0 Å². The van der Waals surface area contributed by atoms with E-state index in [1.165, 1.54) is 4.31 Å². The lowest BCUT2D eigenvalue weighted by atomic mass is 10.2. The first kappa shape index (κ1) is 21.1. The number of benzene rings is 1. The molecule has 0 spiro atoms. The molecule has 0 bridgehead atoms. The molecule has 26 heavy (non-hydrogen) atoms. The van der Waals surface area contributed by atoms with Crippen molar-refractivity contribution in [2.45, 2.75) is 51.7 Å². The molecule has 6 nitrogen and oxygen atoms in total. The predicted octanol–water partition coefficient (Wildman–Crippen LogP) is 2.83. The van der Waals surface area contributed by atoms with E-state index in [0.717, 1.165) is 11.3 Å². The van der Waals surface area contributed by atoms with E-state index in [4.69, 9.17) is 17.0 Å². The normalized spacial score (nSPS) is 21.1. The van der Waals surface area contributed by atoms with Crippen LogP contribution in [0.2, 0.25) is 0 Å². The lowest BCUT2D eigenvalue weighted by molar-refractivity contribution is -0.0473. The molecule has 0 unspecified atom stereocenters. The Labute approximate surface area is 162 Å². The second-order valence-corrected chi connectivity index (χ2v) is 8.98. The molecule has 2 rings (SSSR count). The molecular weight excluding hydrogens is 370 g/mol. The maximum atomic E-state index is 12.8. The third-order valence-electron chi connectivity index (χ3n) is 4.50. The summed E-state index contributed by atoms with van der Waals surface area (Å²) in [5, 5.41) is 3.82. The van der Waals surface area contributed by atoms with Crippen LogP contribution >= 0.6 is 12.2 Å². The van der Waals surface area contributed by atoms with Gasteiger partial charge in [0.2, 0.25) is 10.0 Å². The molecule has 1 N–H and O–H groups in total. The quantitative estimate of drug-likeness (QED) is 0.769. The average molecular weight is 400 g/mol. The zero-order valence-electron chi connectivity index (χ0n) is 16.2. The van der Waals surface area contributed by atoms with Gasteiger partial charge in [-0.1, -0.05) is 19.9 Å². The maximum absolute atomic E-state index is 12.8. The van der Waals surface area contributed by atoms with Crippen LogP contribution in [0.15, 0.2) is 23.1 Å². The van der Waals surface area contributed by atoms with Crippen LogP contribution in [0.25, 0.3) is 0 Å². The van der Waals surface area contributed by atoms with Gasteiger partial charge in [-0.2, -0.15) is 4.31 Å². The third kappa shape index (κ3) is 4.73. The lowest BCUT2D eigenvalue weighted by Crippen LogP contribution is -2.49. The van der Waals surface area contributed by atoms with E-state index in [9.17, 15) is 8.42 Å². The Morgan fingerprint density at radius 1 is 1.27 bits per heavy atom. The van der Waals surface area contributed by atoms with E-state index in [-0.39, 0.29) is 17.1 Å². The SMILES string of the molecule is CCN(CC)S(=O)(=O)c1ccc(C)c(NC(=S)N2C[C@@H](C)O[C@H](C)C2)c1. The van der Waals surface area contributed by atoms with Crippen molar-refractivity contribution in [1.29, 1.82) is 0 Å². The number of sulfonamides is 1. The minimum Gasteiger partial charge on any atom is -0.372 e. The standard InChI is InChI=1S/C18H29N3O3S2/c1-6-21(7-2)26(22,23)16-9-8-13(3)17(10-16)19-18(25)20-11-14(4)24-15(5)12-20/h8-10,14-15H,6-7,11-12H2,1-5H3,(H,19,25)/t14-,15-/m1/s1. The Hall–Kier alpha value is -1.22. The highest BCUT2D eigenvalue weighted by molar-refractivity contribution is 7.89. The van der Waals surface area contributed by atoms with Gasteiger partial charge in [0.05, 0.1) is 17.1 Å². The number of aryl methyl sites for hydroxylation is 1. The maximum Gasteiger partial charge on any atom is 0.243 e. The van der Waals surface area contributed by atoms with E-state index < -0.39 is 10.0 Å². The second kappa shape index (κ2) is 8.65. The van der Waals surface area contributed by atoms with E-state index in [2.05, 4.69) is 10.2 Å². The van der Waals surface area contributed by atoms with Crippen molar-refractivity contribution in [3.05, 3.63) is 23.8 Å². The van der Waals surface area contributed by atoms with E-state index in [0.29, 0.717) is 31.3 Å². The fourth-order valence-electron chi connectivity index (χ4n) is 3.15. The highest BCUT2D eigenvalue weighted by atomic mass is 32.2. The average Bonchev–Trinajstić information content (AvgIpc) is 2.56. The molecular formula is C18H29N3O3S2. The number of anilines is 1. The Bertz CT molecular complexity index is 738. The highest BCUT2D eigenvalue weighted by Gasteiger charge is 2.25. The Morgan fingerprint density at radius 3 is 2.38 bits per heavy atom. The summed E-state index contributed by atoms with van der Waals surface area (Å²) in [6.45, 7) is 12.0. The van der Waals surface area contributed by atoms with Gasteiger partial charge in [0, 0.05) is 31.9 Å². The van der Waals surface area contributed by atoms with Crippen molar-refractivity contribution < 1.29 is 13.2 Å². The predicted molar refractivity (Wildman–Crippen MR) is 109 cm³/mol. The fraction of sp³-hybridized carbons (Fsp3) is 0.611. The van der Waals surface area contributed by atoms with Gasteiger partial charge in [-0.05, 0) is 50.7 Å². The van der Waals surface area contributed by atoms with Crippen molar-refractivity contribution >= 4 is 33.0 Å². The number of morpholine rings is 1. The van der Waals surface area contributed by atoms with Crippen LogP contribution in [-0.4, -0.2) is 61.1 Å². The number of nitrogens with one attached hydrogen (secondary N) is 1. The van der Waals surface area contributed by atoms with Crippen molar-refractivity contribution in [2.75, 3.05) is 31.5 Å². The number of nitrogens with zero attached hydrogens (tertiary/aromatic N) is 2. The monoisotopic (exact) mass is 399 g/mol. The first-order valence-electron chi connectivity index (χ1n) is 9.01. The smallest absolute Gasteiger partial charge is 0.243 e. The summed E-state index contributed by atoms with van der Waals surface area (Å²) in [5.74, 6) is 0. The first-order chi connectivity index (χ1) is 12.2. The molecule has 146 valence electrons. The van der Waals surface area contributed by atoms with Gasteiger partial charge < -0.3 is 15.0 Å². The molecule has 0 aliphatic carbocycles. The molecule has 0 saturated carbocycles. The van der Waals surface area contributed by atoms with Crippen molar-refractivity contribution in [3.63, 3.8) is 0 Å². The zero-order valence-corrected chi connectivity index (χ0v) is 17.8. The van der Waals surface area contributed by atoms with Crippen LogP contribution in [0.1, 0.15) is 33.3 Å². The van der Waals surface area contributed by atoms with Gasteiger partial charge in [-0.25, -0.2) is 8.42 Å². The molecule has 0 aromatic heterocycles. The molecule has 2 atom stereocenters. The number of hydrogen-bond acceptors (Lipinski definition) is 4. The molecule has 1 heterocycles. The topological polar surface area (TPSA) is 61.9 Å². The minimum atomic E-state index is -3.50. The highest BCUT2D eigenvalue weighted by Crippen LogP contribution is 2.24. The number of rotatable bonds is 5. The summed E-state index contributed by atoms with van der Waals surface area (Å²) in [6, 6.07) is 5.13. The molecule has 1 aliphatic heterocycles. The van der Waals surface area contributed by atoms with Gasteiger partial charge in [0.1, 0.15) is 0 Å². The Morgan fingerprint density at radius 2 is 1.85 bits per heavy atom. The van der Waals surface area contributed by atoms with Gasteiger partial charge in [-0.15, -0.1) is 0 Å². The van der Waals surface area contributed by atoms with Gasteiger partial charge in [0.25, 0.3) is 0 Å². The van der Waals surface area contributed by atoms with Gasteiger partial charge in [0.15, 0.2) is 5.11 Å². The van der Waals surface area contributed by atoms with E-state index in [1.54, 1.807) is 12.1 Å². The van der Waals surface area contributed by atoms with Crippen LogP contribution in [0.4, 0.5) is 5.69 Å². The molecule has 0 amide bonds. The van der Waals surface area contributed by atoms with Crippen molar-refractivity contribution in [1.82, 2.24) is 9.21 Å². The Kier molecular flexibility index (Phi) is 7.01. The molecule has 1 aromatic carbocycles. The summed E-state index contributed by atoms with van der Waals surface area (Å²) in [7, 11) is -3.50. The van der Waals surface area contributed by atoms with E-state index >= 15 is 0 Å². The first-order valence-corrected chi connectivity index (χ1v) is 10.9. The molecule has 1 saturated heterocycles. The van der Waals surface area contributed by atoms with Crippen LogP contribution in [0, 0.1) is 6.92 Å². The zero-order chi connectivity index (χ0) is 19.5. The summed E-state index contributed by atoms with van der Waals surface area (Å²) in [6.07, 6.45) is 0.211. The molecule has 1 aliphatic rings. The fourth-order valence-corrected chi connectivity index (χ4v) is 4.89. The van der Waals surface area contributed by atoms with Crippen molar-refractivity contribution in [3.8, 4) is 0 Å². The number of ether oxygens (including phenoxy) is 1. The molecule has 0 radical (unpaired) electrons. The third-order valence-corrected chi connectivity index (χ3v) is 6.91. The lowest BCUT2D eigenvalue weighted by Gasteiger charge is -2.37. The Balaban J connectivity index is 2.23. The summed E-state index contributed by atoms with van der Waals surface area (Å²) >= 11 is 5.55. The van der Waals surface area contributed by atoms with E-state index in [1.807, 2.05) is 40.7 Å². The van der Waals surface area contributed by atoms with Gasteiger partial charge in [-0.3, -0.25) is 0 Å². The number of thiocarbonyl (C=S) groups is 1. The molecule has 1 fully saturated rings. The summed E-state index contributed by atoms with van der Waals surface area (Å²) in [4.78, 5) is 2.35. The summed E-state index contributed by atoms with van der Waals surface area (Å²) < 4.78 is 32.7. The molecule has 1 aromatic rings. The number of hydrogen-bond donors (Lipinski definition) is 1. The molecule has 8 heteroatoms. The van der Waals surface area contributed by atoms with Crippen LogP contribution in [0.5, 0.6) is 0 Å².